The van der Waals surface area contributed by atoms with Gasteiger partial charge < -0.3 is 5.32 Å². The molecule has 1 aromatic carbocycles. The zero-order valence-electron chi connectivity index (χ0n) is 12.3. The highest BCUT2D eigenvalue weighted by Crippen LogP contribution is 2.19. The topological polar surface area (TPSA) is 29.9 Å². The normalized spacial score (nSPS) is 12.6. The number of rotatable bonds is 5. The molecule has 102 valence electrons. The Bertz CT molecular complexity index is 522. The highest BCUT2D eigenvalue weighted by atomic mass is 15.2. The van der Waals surface area contributed by atoms with Gasteiger partial charge in [-0.05, 0) is 32.4 Å². The summed E-state index contributed by atoms with van der Waals surface area (Å²) < 4.78 is 1.86. The standard InChI is InChI=1S/C16H23N3/c1-5-17-16(15-10-18-19(4)11-15)9-14-7-12(2)6-13(3)8-14/h6-8,10-11,16-17H,5,9H2,1-4H3. The largest absolute Gasteiger partial charge is 0.310 e. The van der Waals surface area contributed by atoms with Crippen molar-refractivity contribution >= 4 is 0 Å². The number of nitrogens with zero attached hydrogens (tertiary/aromatic N) is 2. The summed E-state index contributed by atoms with van der Waals surface area (Å²) in [5.41, 5.74) is 5.30. The van der Waals surface area contributed by atoms with Gasteiger partial charge in [-0.25, -0.2) is 0 Å². The molecule has 0 aliphatic rings. The molecule has 0 spiro atoms. The van der Waals surface area contributed by atoms with E-state index in [4.69, 9.17) is 0 Å². The van der Waals surface area contributed by atoms with Crippen LogP contribution in [0.2, 0.25) is 0 Å². The summed E-state index contributed by atoms with van der Waals surface area (Å²) >= 11 is 0. The fraction of sp³-hybridized carbons (Fsp3) is 0.438. The minimum Gasteiger partial charge on any atom is -0.310 e. The van der Waals surface area contributed by atoms with Gasteiger partial charge in [0.2, 0.25) is 0 Å². The number of benzene rings is 1. The van der Waals surface area contributed by atoms with Crippen LogP contribution in [0.15, 0.2) is 30.6 Å². The van der Waals surface area contributed by atoms with Gasteiger partial charge in [-0.2, -0.15) is 5.10 Å². The van der Waals surface area contributed by atoms with Crippen molar-refractivity contribution < 1.29 is 0 Å². The molecule has 1 N–H and O–H groups in total. The molecule has 0 bridgehead atoms. The first-order valence-electron chi connectivity index (χ1n) is 6.87. The maximum Gasteiger partial charge on any atom is 0.0537 e. The van der Waals surface area contributed by atoms with Crippen molar-refractivity contribution in [3.8, 4) is 0 Å². The Labute approximate surface area is 115 Å². The molecule has 1 heterocycles. The van der Waals surface area contributed by atoms with Crippen LogP contribution in [0.25, 0.3) is 0 Å². The highest BCUT2D eigenvalue weighted by Gasteiger charge is 2.13. The number of likely N-dealkylation sites (N-methyl/N-ethyl adjacent to an activating group) is 1. The minimum absolute atomic E-state index is 0.333. The summed E-state index contributed by atoms with van der Waals surface area (Å²) in [5.74, 6) is 0. The van der Waals surface area contributed by atoms with Gasteiger partial charge >= 0.3 is 0 Å². The van der Waals surface area contributed by atoms with Crippen molar-refractivity contribution in [2.45, 2.75) is 33.2 Å². The van der Waals surface area contributed by atoms with Crippen LogP contribution in [-0.4, -0.2) is 16.3 Å². The molecule has 0 amide bonds. The summed E-state index contributed by atoms with van der Waals surface area (Å²) in [5, 5.41) is 7.82. The third kappa shape index (κ3) is 3.67. The Balaban J connectivity index is 2.20. The average Bonchev–Trinajstić information content (AvgIpc) is 2.74. The maximum absolute atomic E-state index is 4.27. The number of aromatic nitrogens is 2. The second kappa shape index (κ2) is 6.02. The van der Waals surface area contributed by atoms with Crippen molar-refractivity contribution in [2.24, 2.45) is 7.05 Å². The molecule has 0 aliphatic carbocycles. The Morgan fingerprint density at radius 3 is 2.42 bits per heavy atom. The van der Waals surface area contributed by atoms with Gasteiger partial charge in [0.15, 0.2) is 0 Å². The van der Waals surface area contributed by atoms with Crippen LogP contribution in [0.3, 0.4) is 0 Å². The Kier molecular flexibility index (Phi) is 4.38. The van der Waals surface area contributed by atoms with E-state index in [1.165, 1.54) is 22.3 Å². The molecule has 0 aliphatic heterocycles. The van der Waals surface area contributed by atoms with E-state index in [0.29, 0.717) is 6.04 Å². The van der Waals surface area contributed by atoms with Crippen LogP contribution in [0.4, 0.5) is 0 Å². The predicted octanol–water partition coefficient (Wildman–Crippen LogP) is 2.93. The van der Waals surface area contributed by atoms with Crippen LogP contribution >= 0.6 is 0 Å². The van der Waals surface area contributed by atoms with Gasteiger partial charge in [-0.1, -0.05) is 36.2 Å². The fourth-order valence-corrected chi connectivity index (χ4v) is 2.60. The van der Waals surface area contributed by atoms with Gasteiger partial charge in [0.05, 0.1) is 6.20 Å². The molecular formula is C16H23N3. The first-order chi connectivity index (χ1) is 9.08. The third-order valence-corrected chi connectivity index (χ3v) is 3.30. The molecule has 1 atom stereocenters. The van der Waals surface area contributed by atoms with E-state index in [9.17, 15) is 0 Å². The number of nitrogens with one attached hydrogen (secondary N) is 1. The minimum atomic E-state index is 0.333. The summed E-state index contributed by atoms with van der Waals surface area (Å²) in [6.07, 6.45) is 5.05. The van der Waals surface area contributed by atoms with Crippen molar-refractivity contribution in [1.82, 2.24) is 15.1 Å². The average molecular weight is 257 g/mol. The molecule has 1 aromatic heterocycles. The molecule has 0 saturated heterocycles. The summed E-state index contributed by atoms with van der Waals surface area (Å²) in [4.78, 5) is 0. The lowest BCUT2D eigenvalue weighted by Gasteiger charge is -2.17. The van der Waals surface area contributed by atoms with Crippen LogP contribution < -0.4 is 5.32 Å². The first-order valence-corrected chi connectivity index (χ1v) is 6.87. The van der Waals surface area contributed by atoms with Crippen LogP contribution in [0.5, 0.6) is 0 Å². The molecule has 1 unspecified atom stereocenters. The quantitative estimate of drug-likeness (QED) is 0.892. The summed E-state index contributed by atoms with van der Waals surface area (Å²) in [6.45, 7) is 7.42. The lowest BCUT2D eigenvalue weighted by Crippen LogP contribution is -2.22. The first kappa shape index (κ1) is 13.8. The smallest absolute Gasteiger partial charge is 0.0537 e. The summed E-state index contributed by atoms with van der Waals surface area (Å²) in [7, 11) is 1.96. The highest BCUT2D eigenvalue weighted by molar-refractivity contribution is 5.30. The van der Waals surface area contributed by atoms with Crippen molar-refractivity contribution in [3.05, 3.63) is 52.8 Å². The second-order valence-corrected chi connectivity index (χ2v) is 5.26. The predicted molar refractivity (Wildman–Crippen MR) is 79.2 cm³/mol. The zero-order chi connectivity index (χ0) is 13.8. The van der Waals surface area contributed by atoms with E-state index in [-0.39, 0.29) is 0 Å². The molecule has 0 radical (unpaired) electrons. The fourth-order valence-electron chi connectivity index (χ4n) is 2.60. The number of hydrogen-bond donors (Lipinski definition) is 1. The second-order valence-electron chi connectivity index (χ2n) is 5.26. The van der Waals surface area contributed by atoms with Gasteiger partial charge in [0.25, 0.3) is 0 Å². The molecule has 2 rings (SSSR count). The molecule has 19 heavy (non-hydrogen) atoms. The lowest BCUT2D eigenvalue weighted by atomic mass is 9.98. The molecule has 2 aromatic rings. The van der Waals surface area contributed by atoms with Crippen LogP contribution in [-0.2, 0) is 13.5 Å². The third-order valence-electron chi connectivity index (χ3n) is 3.30. The summed E-state index contributed by atoms with van der Waals surface area (Å²) in [6, 6.07) is 7.09. The van der Waals surface area contributed by atoms with Gasteiger partial charge in [0.1, 0.15) is 0 Å². The number of aryl methyl sites for hydroxylation is 3. The van der Waals surface area contributed by atoms with E-state index in [0.717, 1.165) is 13.0 Å². The van der Waals surface area contributed by atoms with E-state index in [1.54, 1.807) is 0 Å². The van der Waals surface area contributed by atoms with Crippen molar-refractivity contribution in [1.29, 1.82) is 0 Å². The Morgan fingerprint density at radius 2 is 1.89 bits per heavy atom. The number of hydrogen-bond acceptors (Lipinski definition) is 2. The van der Waals surface area contributed by atoms with E-state index < -0.39 is 0 Å². The van der Waals surface area contributed by atoms with E-state index in [1.807, 2.05) is 17.9 Å². The van der Waals surface area contributed by atoms with Crippen LogP contribution in [0, 0.1) is 13.8 Å². The van der Waals surface area contributed by atoms with E-state index in [2.05, 4.69) is 55.6 Å². The van der Waals surface area contributed by atoms with Gasteiger partial charge in [-0.15, -0.1) is 0 Å². The zero-order valence-corrected chi connectivity index (χ0v) is 12.3. The maximum atomic E-state index is 4.27. The molecule has 0 fully saturated rings. The molecule has 0 saturated carbocycles. The molecule has 3 heteroatoms. The molecule has 3 nitrogen and oxygen atoms in total. The van der Waals surface area contributed by atoms with Gasteiger partial charge in [0, 0.05) is 24.8 Å². The Hall–Kier alpha value is -1.61. The monoisotopic (exact) mass is 257 g/mol. The Morgan fingerprint density at radius 1 is 1.21 bits per heavy atom. The van der Waals surface area contributed by atoms with E-state index >= 15 is 0 Å². The van der Waals surface area contributed by atoms with Crippen molar-refractivity contribution in [3.63, 3.8) is 0 Å². The SMILES string of the molecule is CCNC(Cc1cc(C)cc(C)c1)c1cnn(C)c1. The van der Waals surface area contributed by atoms with Crippen LogP contribution in [0.1, 0.15) is 35.2 Å². The molecular weight excluding hydrogens is 234 g/mol. The lowest BCUT2D eigenvalue weighted by molar-refractivity contribution is 0.549. The van der Waals surface area contributed by atoms with Gasteiger partial charge in [-0.3, -0.25) is 4.68 Å². The van der Waals surface area contributed by atoms with Crippen molar-refractivity contribution in [2.75, 3.05) is 6.54 Å².